The molecule has 1 aliphatic rings. The van der Waals surface area contributed by atoms with Gasteiger partial charge in [0.1, 0.15) is 6.04 Å². The van der Waals surface area contributed by atoms with Crippen molar-refractivity contribution in [3.63, 3.8) is 0 Å². The highest BCUT2D eigenvalue weighted by molar-refractivity contribution is 7.08. The number of aromatic amines is 1. The van der Waals surface area contributed by atoms with Crippen LogP contribution in [0.1, 0.15) is 33.3 Å². The maximum Gasteiger partial charge on any atom is 0.255 e. The van der Waals surface area contributed by atoms with Gasteiger partial charge < -0.3 is 9.32 Å². The van der Waals surface area contributed by atoms with Crippen LogP contribution in [0.15, 0.2) is 64.3 Å². The number of oxazole rings is 1. The van der Waals surface area contributed by atoms with Gasteiger partial charge >= 0.3 is 0 Å². The summed E-state index contributed by atoms with van der Waals surface area (Å²) in [5.74, 6) is 0.661. The van der Waals surface area contributed by atoms with Crippen molar-refractivity contribution in [2.24, 2.45) is 0 Å². The second-order valence-corrected chi connectivity index (χ2v) is 6.92. The number of H-pyrrole nitrogens is 1. The topological polar surface area (TPSA) is 75.0 Å². The second-order valence-electron chi connectivity index (χ2n) is 6.14. The Kier molecular flexibility index (Phi) is 3.46. The van der Waals surface area contributed by atoms with Crippen LogP contribution in [-0.2, 0) is 6.54 Å². The van der Waals surface area contributed by atoms with Crippen LogP contribution < -0.4 is 0 Å². The number of fused-ring (bicyclic) bond motifs is 1. The summed E-state index contributed by atoms with van der Waals surface area (Å²) in [6.45, 7) is 0.525. The van der Waals surface area contributed by atoms with E-state index in [2.05, 4.69) is 27.3 Å². The largest absolute Gasteiger partial charge is 0.446 e. The number of aromatic nitrogens is 3. The fraction of sp³-hybridized carbons (Fsp3) is 0.105. The summed E-state index contributed by atoms with van der Waals surface area (Å²) in [7, 11) is 0. The highest BCUT2D eigenvalue weighted by Gasteiger charge is 2.37. The Bertz CT molecular complexity index is 1040. The highest BCUT2D eigenvalue weighted by atomic mass is 32.1. The lowest BCUT2D eigenvalue weighted by Gasteiger charge is -2.23. The van der Waals surface area contributed by atoms with Gasteiger partial charge in [-0.1, -0.05) is 12.1 Å². The lowest BCUT2D eigenvalue weighted by Crippen LogP contribution is -2.29. The number of carbonyl (C=O) groups excluding carboxylic acids is 1. The first kappa shape index (κ1) is 15.1. The van der Waals surface area contributed by atoms with E-state index in [1.807, 2.05) is 33.9 Å². The Morgan fingerprint density at radius 3 is 3.00 bits per heavy atom. The third kappa shape index (κ3) is 2.36. The summed E-state index contributed by atoms with van der Waals surface area (Å²) < 4.78 is 5.56. The van der Waals surface area contributed by atoms with Crippen LogP contribution in [0.4, 0.5) is 0 Å². The highest BCUT2D eigenvalue weighted by Crippen LogP contribution is 2.40. The Morgan fingerprint density at radius 2 is 2.27 bits per heavy atom. The molecule has 3 aromatic heterocycles. The molecule has 1 atom stereocenters. The zero-order valence-electron chi connectivity index (χ0n) is 13.6. The molecule has 0 spiro atoms. The quantitative estimate of drug-likeness (QED) is 0.600. The van der Waals surface area contributed by atoms with Gasteiger partial charge in [-0.05, 0) is 40.3 Å². The van der Waals surface area contributed by atoms with Crippen LogP contribution in [0.3, 0.4) is 0 Å². The summed E-state index contributed by atoms with van der Waals surface area (Å²) in [6, 6.07) is 9.71. The van der Waals surface area contributed by atoms with Crippen molar-refractivity contribution in [3.05, 3.63) is 82.3 Å². The number of hydrogen-bond acceptors (Lipinski definition) is 5. The lowest BCUT2D eigenvalue weighted by molar-refractivity contribution is 0.0704. The molecule has 6 nitrogen and oxygen atoms in total. The molecule has 1 unspecified atom stereocenters. The van der Waals surface area contributed by atoms with Crippen molar-refractivity contribution >= 4 is 17.2 Å². The molecule has 1 aromatic carbocycles. The standard InChI is InChI=1S/C19H14N4O2S/c24-19(13-4-6-26-10-13)23-9-14-7-12(16-3-5-21-22-16)1-2-15(14)18(23)17-8-20-11-25-17/h1-8,10-11,18H,9H2,(H,21,22). The molecular weight excluding hydrogens is 348 g/mol. The first-order chi connectivity index (χ1) is 12.8. The monoisotopic (exact) mass is 362 g/mol. The average Bonchev–Trinajstić information content (AvgIpc) is 3.47. The molecule has 1 amide bonds. The number of nitrogens with one attached hydrogen (secondary N) is 1. The number of rotatable bonds is 3. The maximum absolute atomic E-state index is 13.1. The van der Waals surface area contributed by atoms with Crippen LogP contribution in [0.2, 0.25) is 0 Å². The lowest BCUT2D eigenvalue weighted by atomic mass is 9.99. The third-order valence-corrected chi connectivity index (χ3v) is 5.33. The van der Waals surface area contributed by atoms with E-state index in [-0.39, 0.29) is 11.9 Å². The second kappa shape index (κ2) is 5.96. The molecule has 0 bridgehead atoms. The van der Waals surface area contributed by atoms with E-state index in [0.717, 1.165) is 22.4 Å². The SMILES string of the molecule is O=C(c1ccsc1)N1Cc2cc(-c3ccn[nH]3)ccc2C1c1cnco1. The van der Waals surface area contributed by atoms with Crippen LogP contribution in [0.5, 0.6) is 0 Å². The molecule has 0 radical (unpaired) electrons. The van der Waals surface area contributed by atoms with E-state index >= 15 is 0 Å². The van der Waals surface area contributed by atoms with Crippen LogP contribution in [0.25, 0.3) is 11.3 Å². The van der Waals surface area contributed by atoms with Crippen LogP contribution >= 0.6 is 11.3 Å². The van der Waals surface area contributed by atoms with Crippen molar-refractivity contribution in [1.82, 2.24) is 20.1 Å². The van der Waals surface area contributed by atoms with Gasteiger partial charge in [-0.3, -0.25) is 9.89 Å². The summed E-state index contributed by atoms with van der Waals surface area (Å²) in [5, 5.41) is 10.8. The van der Waals surface area contributed by atoms with Crippen molar-refractivity contribution in [1.29, 1.82) is 0 Å². The van der Waals surface area contributed by atoms with Gasteiger partial charge in [0, 0.05) is 18.1 Å². The van der Waals surface area contributed by atoms with Crippen molar-refractivity contribution in [2.45, 2.75) is 12.6 Å². The summed E-state index contributed by atoms with van der Waals surface area (Å²) in [6.07, 6.45) is 4.81. The fourth-order valence-electron chi connectivity index (χ4n) is 3.44. The van der Waals surface area contributed by atoms with E-state index in [4.69, 9.17) is 4.42 Å². The van der Waals surface area contributed by atoms with E-state index in [9.17, 15) is 4.79 Å². The van der Waals surface area contributed by atoms with Gasteiger partial charge in [-0.25, -0.2) is 4.98 Å². The first-order valence-electron chi connectivity index (χ1n) is 8.15. The minimum Gasteiger partial charge on any atom is -0.446 e. The zero-order chi connectivity index (χ0) is 17.5. The molecule has 0 saturated heterocycles. The summed E-state index contributed by atoms with van der Waals surface area (Å²) in [5.41, 5.74) is 4.85. The number of benzene rings is 1. The van der Waals surface area contributed by atoms with Gasteiger partial charge in [0.15, 0.2) is 12.2 Å². The molecule has 1 aliphatic heterocycles. The third-order valence-electron chi connectivity index (χ3n) is 4.65. The molecule has 4 aromatic rings. The molecule has 5 rings (SSSR count). The number of hydrogen-bond donors (Lipinski definition) is 1. The molecule has 0 aliphatic carbocycles. The normalized spacial score (nSPS) is 16.0. The molecule has 1 N–H and O–H groups in total. The Labute approximate surface area is 153 Å². The molecule has 0 fully saturated rings. The molecule has 26 heavy (non-hydrogen) atoms. The molecule has 0 saturated carbocycles. The van der Waals surface area contributed by atoms with E-state index in [1.165, 1.54) is 17.7 Å². The van der Waals surface area contributed by atoms with E-state index in [1.54, 1.807) is 12.4 Å². The molecule has 128 valence electrons. The Hall–Kier alpha value is -3.19. The predicted octanol–water partition coefficient (Wildman–Crippen LogP) is 3.87. The van der Waals surface area contributed by atoms with Crippen LogP contribution in [0, 0.1) is 0 Å². The van der Waals surface area contributed by atoms with Gasteiger partial charge in [0.05, 0.1) is 17.5 Å². The van der Waals surface area contributed by atoms with Crippen molar-refractivity contribution in [2.75, 3.05) is 0 Å². The minimum absolute atomic E-state index is 0.00746. The summed E-state index contributed by atoms with van der Waals surface area (Å²) in [4.78, 5) is 18.9. The van der Waals surface area contributed by atoms with Crippen LogP contribution in [-0.4, -0.2) is 26.0 Å². The fourth-order valence-corrected chi connectivity index (χ4v) is 4.07. The predicted molar refractivity (Wildman–Crippen MR) is 96.6 cm³/mol. The molecule has 7 heteroatoms. The Balaban J connectivity index is 1.59. The first-order valence-corrected chi connectivity index (χ1v) is 9.09. The smallest absolute Gasteiger partial charge is 0.255 e. The molecular formula is C19H14N4O2S. The Morgan fingerprint density at radius 1 is 1.31 bits per heavy atom. The number of amides is 1. The maximum atomic E-state index is 13.1. The van der Waals surface area contributed by atoms with Crippen molar-refractivity contribution in [3.8, 4) is 11.3 Å². The van der Waals surface area contributed by atoms with Crippen molar-refractivity contribution < 1.29 is 9.21 Å². The van der Waals surface area contributed by atoms with Gasteiger partial charge in [0.25, 0.3) is 5.91 Å². The number of carbonyl (C=O) groups is 1. The zero-order valence-corrected chi connectivity index (χ0v) is 14.4. The molecule has 4 heterocycles. The van der Waals surface area contributed by atoms with E-state index in [0.29, 0.717) is 17.9 Å². The number of nitrogens with zero attached hydrogens (tertiary/aromatic N) is 3. The van der Waals surface area contributed by atoms with E-state index < -0.39 is 0 Å². The summed E-state index contributed by atoms with van der Waals surface area (Å²) >= 11 is 1.52. The van der Waals surface area contributed by atoms with Gasteiger partial charge in [-0.2, -0.15) is 16.4 Å². The number of thiophene rings is 1. The average molecular weight is 362 g/mol. The van der Waals surface area contributed by atoms with Gasteiger partial charge in [-0.15, -0.1) is 0 Å². The minimum atomic E-state index is -0.268. The van der Waals surface area contributed by atoms with Gasteiger partial charge in [0.2, 0.25) is 0 Å².